The van der Waals surface area contributed by atoms with Gasteiger partial charge in [0.25, 0.3) is 10.2 Å². The van der Waals surface area contributed by atoms with Gasteiger partial charge >= 0.3 is 5.97 Å². The van der Waals surface area contributed by atoms with Crippen molar-refractivity contribution in [3.8, 4) is 0 Å². The van der Waals surface area contributed by atoms with Crippen LogP contribution in [0.4, 0.5) is 0 Å². The van der Waals surface area contributed by atoms with E-state index in [0.717, 1.165) is 25.7 Å². The van der Waals surface area contributed by atoms with Crippen molar-refractivity contribution in [2.24, 2.45) is 5.92 Å². The van der Waals surface area contributed by atoms with Crippen LogP contribution in [0.25, 0.3) is 0 Å². The molecule has 0 aromatic rings. The molecule has 0 radical (unpaired) electrons. The molecule has 0 saturated carbocycles. The van der Waals surface area contributed by atoms with Crippen LogP contribution in [0, 0.1) is 5.92 Å². The Morgan fingerprint density at radius 2 is 1.61 bits per heavy atom. The van der Waals surface area contributed by atoms with E-state index in [1.807, 2.05) is 0 Å². The van der Waals surface area contributed by atoms with Gasteiger partial charge in [0.15, 0.2) is 0 Å². The minimum absolute atomic E-state index is 0.119. The zero-order chi connectivity index (χ0) is 13.2. The second kappa shape index (κ2) is 5.54. The molecular weight excluding hydrogens is 256 g/mol. The van der Waals surface area contributed by atoms with E-state index in [4.69, 9.17) is 5.11 Å². The number of carboxylic acid groups (broad SMARTS) is 1. The Hall–Kier alpha value is -0.660. The van der Waals surface area contributed by atoms with Crippen molar-refractivity contribution in [3.05, 3.63) is 0 Å². The number of carboxylic acids is 1. The summed E-state index contributed by atoms with van der Waals surface area (Å²) in [5.74, 6) is -1.45. The molecular formula is C11H20N2O4S. The van der Waals surface area contributed by atoms with Crippen molar-refractivity contribution in [1.82, 2.24) is 8.61 Å². The first-order valence-corrected chi connectivity index (χ1v) is 7.89. The molecule has 0 aromatic carbocycles. The summed E-state index contributed by atoms with van der Waals surface area (Å²) in [7, 11) is -3.45. The largest absolute Gasteiger partial charge is 0.481 e. The van der Waals surface area contributed by atoms with Crippen LogP contribution in [0.1, 0.15) is 32.1 Å². The third-order valence-electron chi connectivity index (χ3n) is 3.72. The summed E-state index contributed by atoms with van der Waals surface area (Å²) in [5, 5.41) is 8.92. The number of hydrogen-bond donors (Lipinski definition) is 1. The zero-order valence-corrected chi connectivity index (χ0v) is 11.2. The van der Waals surface area contributed by atoms with Crippen LogP contribution in [0.5, 0.6) is 0 Å². The van der Waals surface area contributed by atoms with E-state index >= 15 is 0 Å². The molecule has 18 heavy (non-hydrogen) atoms. The van der Waals surface area contributed by atoms with Gasteiger partial charge in [-0.15, -0.1) is 0 Å². The minimum atomic E-state index is -3.45. The van der Waals surface area contributed by atoms with E-state index in [1.165, 1.54) is 8.61 Å². The zero-order valence-electron chi connectivity index (χ0n) is 10.4. The van der Waals surface area contributed by atoms with Gasteiger partial charge in [0.1, 0.15) is 0 Å². The second-order valence-corrected chi connectivity index (χ2v) is 6.93. The maximum atomic E-state index is 12.4. The quantitative estimate of drug-likeness (QED) is 0.815. The molecule has 2 fully saturated rings. The summed E-state index contributed by atoms with van der Waals surface area (Å²) in [5.41, 5.74) is 0. The first kappa shape index (κ1) is 13.8. The number of hydrogen-bond acceptors (Lipinski definition) is 3. The molecule has 0 bridgehead atoms. The van der Waals surface area contributed by atoms with Crippen molar-refractivity contribution in [2.75, 3.05) is 26.2 Å². The molecule has 104 valence electrons. The van der Waals surface area contributed by atoms with Crippen molar-refractivity contribution in [1.29, 1.82) is 0 Å². The predicted octanol–water partition coefficient (Wildman–Crippen LogP) is 0.514. The molecule has 2 aliphatic heterocycles. The lowest BCUT2D eigenvalue weighted by atomic mass is 10.1. The molecule has 2 aliphatic rings. The molecule has 1 N–H and O–H groups in total. The van der Waals surface area contributed by atoms with Crippen LogP contribution >= 0.6 is 0 Å². The average Bonchev–Trinajstić information content (AvgIpc) is 2.66. The molecule has 2 rings (SSSR count). The van der Waals surface area contributed by atoms with E-state index in [0.29, 0.717) is 26.1 Å². The van der Waals surface area contributed by atoms with E-state index in [9.17, 15) is 13.2 Å². The molecule has 2 heterocycles. The van der Waals surface area contributed by atoms with Gasteiger partial charge in [0.05, 0.1) is 5.92 Å². The van der Waals surface area contributed by atoms with Gasteiger partial charge in [-0.2, -0.15) is 17.0 Å². The van der Waals surface area contributed by atoms with E-state index in [-0.39, 0.29) is 6.54 Å². The van der Waals surface area contributed by atoms with Gasteiger partial charge in [-0.25, -0.2) is 0 Å². The lowest BCUT2D eigenvalue weighted by Gasteiger charge is -2.25. The first-order chi connectivity index (χ1) is 8.51. The number of nitrogens with zero attached hydrogens (tertiary/aromatic N) is 2. The molecule has 1 unspecified atom stereocenters. The van der Waals surface area contributed by atoms with Crippen molar-refractivity contribution in [3.63, 3.8) is 0 Å². The van der Waals surface area contributed by atoms with Crippen LogP contribution in [-0.2, 0) is 15.0 Å². The number of aliphatic carboxylic acids is 1. The molecule has 2 saturated heterocycles. The lowest BCUT2D eigenvalue weighted by molar-refractivity contribution is -0.141. The molecule has 0 aromatic heterocycles. The molecule has 1 atom stereocenters. The summed E-state index contributed by atoms with van der Waals surface area (Å²) >= 11 is 0. The topological polar surface area (TPSA) is 77.9 Å². The van der Waals surface area contributed by atoms with E-state index < -0.39 is 22.1 Å². The molecule has 7 heteroatoms. The lowest BCUT2D eigenvalue weighted by Crippen LogP contribution is -2.43. The first-order valence-electron chi connectivity index (χ1n) is 6.50. The highest BCUT2D eigenvalue weighted by molar-refractivity contribution is 7.86. The molecule has 0 spiro atoms. The standard InChI is InChI=1S/C11H20N2O4S/c14-11(15)10-5-8-13(9-10)18(16,17)12-6-3-1-2-4-7-12/h10H,1-9H2,(H,14,15). The Labute approximate surface area is 108 Å². The normalized spacial score (nSPS) is 28.1. The van der Waals surface area contributed by atoms with Crippen LogP contribution in [-0.4, -0.2) is 54.3 Å². The van der Waals surface area contributed by atoms with Crippen molar-refractivity contribution < 1.29 is 18.3 Å². The van der Waals surface area contributed by atoms with Crippen LogP contribution in [0.2, 0.25) is 0 Å². The summed E-state index contributed by atoms with van der Waals surface area (Å²) in [6.07, 6.45) is 4.36. The Morgan fingerprint density at radius 1 is 1.00 bits per heavy atom. The fourth-order valence-electron chi connectivity index (χ4n) is 2.58. The van der Waals surface area contributed by atoms with Gasteiger partial charge in [-0.05, 0) is 19.3 Å². The molecule has 0 amide bonds. The summed E-state index contributed by atoms with van der Waals surface area (Å²) < 4.78 is 27.6. The van der Waals surface area contributed by atoms with Gasteiger partial charge in [0.2, 0.25) is 0 Å². The summed E-state index contributed by atoms with van der Waals surface area (Å²) in [6.45, 7) is 1.58. The van der Waals surface area contributed by atoms with Gasteiger partial charge < -0.3 is 5.11 Å². The second-order valence-electron chi connectivity index (χ2n) is 5.00. The van der Waals surface area contributed by atoms with Gasteiger partial charge in [-0.3, -0.25) is 4.79 Å². The van der Waals surface area contributed by atoms with Crippen LogP contribution in [0.15, 0.2) is 0 Å². The maximum Gasteiger partial charge on any atom is 0.307 e. The fourth-order valence-corrected chi connectivity index (χ4v) is 4.33. The Morgan fingerprint density at radius 3 is 2.11 bits per heavy atom. The van der Waals surface area contributed by atoms with Gasteiger partial charge in [-0.1, -0.05) is 12.8 Å². The predicted molar refractivity (Wildman–Crippen MR) is 66.3 cm³/mol. The van der Waals surface area contributed by atoms with Gasteiger partial charge in [0, 0.05) is 26.2 Å². The Kier molecular flexibility index (Phi) is 4.24. The smallest absolute Gasteiger partial charge is 0.307 e. The maximum absolute atomic E-state index is 12.4. The average molecular weight is 276 g/mol. The summed E-state index contributed by atoms with van der Waals surface area (Å²) in [4.78, 5) is 10.9. The van der Waals surface area contributed by atoms with Crippen LogP contribution in [0.3, 0.4) is 0 Å². The number of carbonyl (C=O) groups is 1. The Balaban J connectivity index is 2.04. The van der Waals surface area contributed by atoms with E-state index in [2.05, 4.69) is 0 Å². The monoisotopic (exact) mass is 276 g/mol. The highest BCUT2D eigenvalue weighted by Gasteiger charge is 2.38. The Bertz CT molecular complexity index is 401. The van der Waals surface area contributed by atoms with E-state index in [1.54, 1.807) is 0 Å². The molecule has 6 nitrogen and oxygen atoms in total. The third kappa shape index (κ3) is 2.84. The highest BCUT2D eigenvalue weighted by atomic mass is 32.2. The number of rotatable bonds is 3. The SMILES string of the molecule is O=C(O)C1CCN(S(=O)(=O)N2CCCCCC2)C1. The van der Waals surface area contributed by atoms with Crippen LogP contribution < -0.4 is 0 Å². The van der Waals surface area contributed by atoms with Crippen molar-refractivity contribution >= 4 is 16.2 Å². The third-order valence-corrected chi connectivity index (χ3v) is 5.72. The van der Waals surface area contributed by atoms with Crippen molar-refractivity contribution in [2.45, 2.75) is 32.1 Å². The molecule has 0 aliphatic carbocycles. The minimum Gasteiger partial charge on any atom is -0.481 e. The fraction of sp³-hybridized carbons (Fsp3) is 0.909. The summed E-state index contributed by atoms with van der Waals surface area (Å²) in [6, 6.07) is 0. The highest BCUT2D eigenvalue weighted by Crippen LogP contribution is 2.23.